The standard InChI is InChI=1S/C22H48P2/c1-4-6-8-10-12-14-16-18-20-23-22(3)24-21-19-17-15-13-11-9-7-5-2/h22-24H,4-21H2,1-3H3. The highest BCUT2D eigenvalue weighted by Crippen LogP contribution is 2.35. The van der Waals surface area contributed by atoms with Crippen LogP contribution in [0.5, 0.6) is 0 Å². The van der Waals surface area contributed by atoms with Crippen LogP contribution >= 0.6 is 17.2 Å². The molecule has 2 atom stereocenters. The van der Waals surface area contributed by atoms with Crippen LogP contribution in [0, 0.1) is 0 Å². The Bertz CT molecular complexity index is 196. The van der Waals surface area contributed by atoms with Crippen molar-refractivity contribution in [2.75, 3.05) is 12.3 Å². The molecule has 0 radical (unpaired) electrons. The quantitative estimate of drug-likeness (QED) is 0.147. The highest BCUT2D eigenvalue weighted by atomic mass is 31.1. The summed E-state index contributed by atoms with van der Waals surface area (Å²) in [5.41, 5.74) is 0. The van der Waals surface area contributed by atoms with Crippen molar-refractivity contribution >= 4 is 17.2 Å². The second-order valence-corrected chi connectivity index (χ2v) is 11.7. The number of hydrogen-bond acceptors (Lipinski definition) is 0. The van der Waals surface area contributed by atoms with Crippen LogP contribution < -0.4 is 0 Å². The van der Waals surface area contributed by atoms with E-state index in [0.717, 1.165) is 5.40 Å². The molecule has 0 N–H and O–H groups in total. The Morgan fingerprint density at radius 1 is 0.458 bits per heavy atom. The lowest BCUT2D eigenvalue weighted by molar-refractivity contribution is 0.586. The van der Waals surface area contributed by atoms with Crippen molar-refractivity contribution in [2.24, 2.45) is 0 Å². The Morgan fingerprint density at radius 3 is 1.08 bits per heavy atom. The van der Waals surface area contributed by atoms with Gasteiger partial charge in [0.05, 0.1) is 0 Å². The van der Waals surface area contributed by atoms with Crippen molar-refractivity contribution in [1.82, 2.24) is 0 Å². The lowest BCUT2D eigenvalue weighted by Gasteiger charge is -2.11. The van der Waals surface area contributed by atoms with Gasteiger partial charge in [-0.15, -0.1) is 17.2 Å². The Balaban J connectivity index is 3.12. The van der Waals surface area contributed by atoms with E-state index >= 15 is 0 Å². The van der Waals surface area contributed by atoms with Gasteiger partial charge < -0.3 is 0 Å². The molecule has 0 aromatic carbocycles. The van der Waals surface area contributed by atoms with Gasteiger partial charge in [0.15, 0.2) is 0 Å². The summed E-state index contributed by atoms with van der Waals surface area (Å²) in [6.45, 7) is 7.11. The van der Waals surface area contributed by atoms with Crippen LogP contribution in [0.1, 0.15) is 124 Å². The Hall–Kier alpha value is 0.860. The molecule has 0 amide bonds. The third-order valence-corrected chi connectivity index (χ3v) is 8.70. The summed E-state index contributed by atoms with van der Waals surface area (Å²) in [5.74, 6) is 0. The summed E-state index contributed by atoms with van der Waals surface area (Å²) in [5, 5.41) is 1.03. The first-order chi connectivity index (χ1) is 11.8. The van der Waals surface area contributed by atoms with E-state index in [9.17, 15) is 0 Å². The van der Waals surface area contributed by atoms with E-state index in [-0.39, 0.29) is 0 Å². The Labute approximate surface area is 158 Å². The average Bonchev–Trinajstić information content (AvgIpc) is 2.59. The molecular formula is C22H48P2. The first kappa shape index (κ1) is 24.9. The fraction of sp³-hybridized carbons (Fsp3) is 1.00. The van der Waals surface area contributed by atoms with Crippen LogP contribution in [0.25, 0.3) is 0 Å². The first-order valence-corrected chi connectivity index (χ1v) is 13.8. The summed E-state index contributed by atoms with van der Waals surface area (Å²) in [7, 11) is 2.48. The molecule has 0 aromatic rings. The van der Waals surface area contributed by atoms with Crippen LogP contribution in [-0.4, -0.2) is 17.7 Å². The number of hydrogen-bond donors (Lipinski definition) is 0. The van der Waals surface area contributed by atoms with Gasteiger partial charge in [0, 0.05) is 0 Å². The monoisotopic (exact) mass is 374 g/mol. The van der Waals surface area contributed by atoms with Gasteiger partial charge >= 0.3 is 0 Å². The zero-order valence-electron chi connectivity index (χ0n) is 17.3. The zero-order valence-corrected chi connectivity index (χ0v) is 19.3. The van der Waals surface area contributed by atoms with Crippen molar-refractivity contribution in [1.29, 1.82) is 0 Å². The molecule has 0 aliphatic heterocycles. The van der Waals surface area contributed by atoms with E-state index in [2.05, 4.69) is 20.8 Å². The van der Waals surface area contributed by atoms with Crippen molar-refractivity contribution in [3.8, 4) is 0 Å². The maximum absolute atomic E-state index is 2.51. The molecule has 0 aromatic heterocycles. The molecule has 0 fully saturated rings. The van der Waals surface area contributed by atoms with Crippen molar-refractivity contribution in [3.05, 3.63) is 0 Å². The molecule has 0 saturated heterocycles. The molecular weight excluding hydrogens is 326 g/mol. The molecule has 0 saturated carbocycles. The normalized spacial score (nSPS) is 13.6. The molecule has 146 valence electrons. The molecule has 0 aliphatic rings. The van der Waals surface area contributed by atoms with Crippen molar-refractivity contribution in [3.63, 3.8) is 0 Å². The van der Waals surface area contributed by atoms with E-state index in [1.54, 1.807) is 0 Å². The maximum atomic E-state index is 2.51. The van der Waals surface area contributed by atoms with Crippen molar-refractivity contribution in [2.45, 2.75) is 129 Å². The second-order valence-electron chi connectivity index (χ2n) is 7.58. The van der Waals surface area contributed by atoms with E-state index in [4.69, 9.17) is 0 Å². The SMILES string of the molecule is CCCCCCCCCCPC(C)PCCCCCCCCCC. The molecule has 0 heterocycles. The maximum Gasteiger partial charge on any atom is -0.00896 e. The minimum absolute atomic E-state index is 1.03. The minimum atomic E-state index is 1.03. The van der Waals surface area contributed by atoms with Crippen LogP contribution in [0.3, 0.4) is 0 Å². The summed E-state index contributed by atoms with van der Waals surface area (Å²) in [4.78, 5) is 0. The van der Waals surface area contributed by atoms with Crippen LogP contribution in [-0.2, 0) is 0 Å². The van der Waals surface area contributed by atoms with Gasteiger partial charge in [-0.3, -0.25) is 0 Å². The molecule has 0 aliphatic carbocycles. The van der Waals surface area contributed by atoms with Gasteiger partial charge in [-0.2, -0.15) is 0 Å². The Morgan fingerprint density at radius 2 is 0.750 bits per heavy atom. The molecule has 0 bridgehead atoms. The van der Waals surface area contributed by atoms with Crippen molar-refractivity contribution < 1.29 is 0 Å². The van der Waals surface area contributed by atoms with E-state index < -0.39 is 0 Å². The van der Waals surface area contributed by atoms with E-state index in [1.807, 2.05) is 0 Å². The lowest BCUT2D eigenvalue weighted by atomic mass is 10.1. The third-order valence-electron chi connectivity index (χ3n) is 4.96. The van der Waals surface area contributed by atoms with Gasteiger partial charge in [0.2, 0.25) is 0 Å². The first-order valence-electron chi connectivity index (χ1n) is 11.3. The van der Waals surface area contributed by atoms with Gasteiger partial charge in [-0.05, 0) is 30.6 Å². The van der Waals surface area contributed by atoms with Crippen LogP contribution in [0.4, 0.5) is 0 Å². The highest BCUT2D eigenvalue weighted by Gasteiger charge is 2.01. The summed E-state index contributed by atoms with van der Waals surface area (Å²) < 4.78 is 0. The summed E-state index contributed by atoms with van der Waals surface area (Å²) in [6.07, 6.45) is 26.5. The van der Waals surface area contributed by atoms with Gasteiger partial charge in [-0.1, -0.05) is 111 Å². The summed E-state index contributed by atoms with van der Waals surface area (Å²) in [6, 6.07) is 0. The molecule has 0 spiro atoms. The number of unbranched alkanes of at least 4 members (excludes halogenated alkanes) is 14. The number of rotatable bonds is 20. The highest BCUT2D eigenvalue weighted by molar-refractivity contribution is 7.57. The van der Waals surface area contributed by atoms with Gasteiger partial charge in [-0.25, -0.2) is 0 Å². The molecule has 0 rings (SSSR count). The molecule has 24 heavy (non-hydrogen) atoms. The fourth-order valence-electron chi connectivity index (χ4n) is 3.23. The predicted molar refractivity (Wildman–Crippen MR) is 121 cm³/mol. The minimum Gasteiger partial charge on any atom is -0.115 e. The summed E-state index contributed by atoms with van der Waals surface area (Å²) >= 11 is 0. The zero-order chi connectivity index (χ0) is 17.7. The second kappa shape index (κ2) is 21.9. The van der Waals surface area contributed by atoms with Crippen LogP contribution in [0.2, 0.25) is 0 Å². The fourth-order valence-corrected chi connectivity index (χ4v) is 6.44. The van der Waals surface area contributed by atoms with Gasteiger partial charge in [0.25, 0.3) is 0 Å². The predicted octanol–water partition coefficient (Wildman–Crippen LogP) is 8.97. The Kier molecular flexibility index (Phi) is 22.7. The largest absolute Gasteiger partial charge is 0.115 e. The molecule has 2 heteroatoms. The average molecular weight is 375 g/mol. The van der Waals surface area contributed by atoms with E-state index in [0.29, 0.717) is 0 Å². The molecule has 0 nitrogen and oxygen atoms in total. The topological polar surface area (TPSA) is 0 Å². The molecule has 2 unspecified atom stereocenters. The van der Waals surface area contributed by atoms with E-state index in [1.165, 1.54) is 132 Å². The smallest absolute Gasteiger partial charge is 0.00896 e. The lowest BCUT2D eigenvalue weighted by Crippen LogP contribution is -1.90. The van der Waals surface area contributed by atoms with Gasteiger partial charge in [0.1, 0.15) is 0 Å². The third kappa shape index (κ3) is 20.9. The van der Waals surface area contributed by atoms with Crippen LogP contribution in [0.15, 0.2) is 0 Å².